The molecule has 0 fully saturated rings. The Hall–Kier alpha value is -0.0551. The zero-order chi connectivity index (χ0) is 8.43. The van der Waals surface area contributed by atoms with Gasteiger partial charge in [0.2, 0.25) is 0 Å². The first-order chi connectivity index (χ1) is 5.11. The van der Waals surface area contributed by atoms with Crippen molar-refractivity contribution in [2.75, 3.05) is 0 Å². The Morgan fingerprint density at radius 3 is 2.64 bits per heavy atom. The van der Waals surface area contributed by atoms with E-state index in [0.29, 0.717) is 12.8 Å². The molecule has 11 heavy (non-hydrogen) atoms. The Kier molecular flexibility index (Phi) is 2.93. The molecule has 0 saturated heterocycles. The predicted octanol–water partition coefficient (Wildman–Crippen LogP) is 1.08. The number of alkyl halides is 1. The van der Waals surface area contributed by atoms with E-state index >= 15 is 0 Å². The quantitative estimate of drug-likeness (QED) is 0.466. The van der Waals surface area contributed by atoms with Crippen LogP contribution in [-0.2, 0) is 0 Å². The van der Waals surface area contributed by atoms with Crippen molar-refractivity contribution in [2.24, 2.45) is 0 Å². The van der Waals surface area contributed by atoms with E-state index in [9.17, 15) is 4.39 Å². The zero-order valence-electron chi connectivity index (χ0n) is 5.87. The van der Waals surface area contributed by atoms with Crippen molar-refractivity contribution < 1.29 is 14.4 Å². The molecule has 0 heterocycles. The number of hydrogen-bond acceptors (Lipinski definition) is 2. The molecule has 1 aliphatic rings. The van der Waals surface area contributed by atoms with Crippen LogP contribution in [-0.4, -0.2) is 22.5 Å². The maximum atomic E-state index is 12.8. The average molecular weight is 178 g/mol. The van der Waals surface area contributed by atoms with Crippen LogP contribution in [0.25, 0.3) is 0 Å². The standard InChI is InChI=1S/C6H9BClFO2/c8-4-1-2-5(7(10)11)6(9)3-4/h3-5,10-11H,1-2H2. The molecule has 0 aliphatic heterocycles. The molecule has 0 amide bonds. The molecular weight excluding hydrogens is 169 g/mol. The van der Waals surface area contributed by atoms with Gasteiger partial charge >= 0.3 is 7.12 Å². The molecule has 0 saturated carbocycles. The fraction of sp³-hybridized carbons (Fsp3) is 0.667. The maximum Gasteiger partial charge on any atom is 0.461 e. The van der Waals surface area contributed by atoms with Gasteiger partial charge in [0.05, 0.1) is 11.2 Å². The van der Waals surface area contributed by atoms with Crippen molar-refractivity contribution in [1.82, 2.24) is 0 Å². The van der Waals surface area contributed by atoms with Gasteiger partial charge in [-0.2, -0.15) is 0 Å². The summed E-state index contributed by atoms with van der Waals surface area (Å²) in [5.41, 5.74) is 0. The highest BCUT2D eigenvalue weighted by Crippen LogP contribution is 2.33. The van der Waals surface area contributed by atoms with Crippen LogP contribution in [0.2, 0.25) is 5.82 Å². The van der Waals surface area contributed by atoms with Crippen LogP contribution in [0.15, 0.2) is 11.9 Å². The SMILES string of the molecule is OB(O)C1CCC(Cl)C=C1F. The molecule has 2 N–H and O–H groups in total. The van der Waals surface area contributed by atoms with Crippen molar-refractivity contribution in [3.63, 3.8) is 0 Å². The molecule has 0 bridgehead atoms. The van der Waals surface area contributed by atoms with Crippen molar-refractivity contribution in [3.05, 3.63) is 11.9 Å². The van der Waals surface area contributed by atoms with Crippen molar-refractivity contribution in [1.29, 1.82) is 0 Å². The Bertz CT molecular complexity index is 174. The molecule has 0 aromatic heterocycles. The largest absolute Gasteiger partial charge is 0.461 e. The molecule has 0 aromatic rings. The average Bonchev–Trinajstić information content (AvgIpc) is 1.85. The maximum absolute atomic E-state index is 12.8. The lowest BCUT2D eigenvalue weighted by atomic mass is 9.67. The van der Waals surface area contributed by atoms with Crippen LogP contribution in [0.1, 0.15) is 12.8 Å². The first kappa shape index (κ1) is 9.04. The minimum atomic E-state index is -1.60. The summed E-state index contributed by atoms with van der Waals surface area (Å²) in [6.45, 7) is 0. The predicted molar refractivity (Wildman–Crippen MR) is 42.0 cm³/mol. The Morgan fingerprint density at radius 1 is 1.55 bits per heavy atom. The third-order valence-electron chi connectivity index (χ3n) is 1.81. The van der Waals surface area contributed by atoms with Gasteiger partial charge in [0, 0.05) is 5.82 Å². The van der Waals surface area contributed by atoms with Gasteiger partial charge in [0.1, 0.15) is 0 Å². The third-order valence-corrected chi connectivity index (χ3v) is 2.15. The highest BCUT2D eigenvalue weighted by Gasteiger charge is 2.31. The van der Waals surface area contributed by atoms with Crippen LogP contribution in [0.4, 0.5) is 4.39 Å². The van der Waals surface area contributed by atoms with Crippen molar-refractivity contribution in [3.8, 4) is 0 Å². The van der Waals surface area contributed by atoms with Gasteiger partial charge in [0.15, 0.2) is 0 Å². The van der Waals surface area contributed by atoms with Gasteiger partial charge in [-0.15, -0.1) is 11.6 Å². The first-order valence-corrected chi connectivity index (χ1v) is 3.92. The van der Waals surface area contributed by atoms with E-state index in [1.807, 2.05) is 0 Å². The van der Waals surface area contributed by atoms with E-state index in [0.717, 1.165) is 0 Å². The summed E-state index contributed by atoms with van der Waals surface area (Å²) in [5.74, 6) is -1.28. The molecular formula is C6H9BClFO2. The summed E-state index contributed by atoms with van der Waals surface area (Å²) in [5, 5.41) is 17.0. The third kappa shape index (κ3) is 2.19. The number of rotatable bonds is 1. The number of halogens is 2. The second-order valence-corrected chi connectivity index (χ2v) is 3.23. The Balaban J connectivity index is 2.64. The molecule has 2 nitrogen and oxygen atoms in total. The fourth-order valence-electron chi connectivity index (χ4n) is 1.15. The molecule has 62 valence electrons. The van der Waals surface area contributed by atoms with E-state index < -0.39 is 18.8 Å². The van der Waals surface area contributed by atoms with Crippen LogP contribution in [0.3, 0.4) is 0 Å². The second kappa shape index (κ2) is 3.56. The first-order valence-electron chi connectivity index (χ1n) is 3.48. The van der Waals surface area contributed by atoms with E-state index in [1.54, 1.807) is 0 Å². The van der Waals surface area contributed by atoms with E-state index in [2.05, 4.69) is 0 Å². The lowest BCUT2D eigenvalue weighted by Gasteiger charge is -2.20. The van der Waals surface area contributed by atoms with E-state index in [1.165, 1.54) is 6.08 Å². The minimum absolute atomic E-state index is 0.301. The van der Waals surface area contributed by atoms with Gasteiger partial charge in [-0.1, -0.05) is 0 Å². The molecule has 1 rings (SSSR count). The highest BCUT2D eigenvalue weighted by molar-refractivity contribution is 6.44. The normalized spacial score (nSPS) is 31.5. The summed E-state index contributed by atoms with van der Waals surface area (Å²) in [7, 11) is -1.60. The Morgan fingerprint density at radius 2 is 2.18 bits per heavy atom. The molecule has 2 atom stereocenters. The van der Waals surface area contributed by atoms with E-state index in [-0.39, 0.29) is 5.38 Å². The zero-order valence-corrected chi connectivity index (χ0v) is 6.63. The van der Waals surface area contributed by atoms with Crippen molar-refractivity contribution >= 4 is 18.7 Å². The molecule has 0 radical (unpaired) electrons. The van der Waals surface area contributed by atoms with Gasteiger partial charge in [-0.05, 0) is 18.9 Å². The van der Waals surface area contributed by atoms with Gasteiger partial charge in [-0.3, -0.25) is 0 Å². The van der Waals surface area contributed by atoms with Crippen LogP contribution >= 0.6 is 11.6 Å². The fourth-order valence-corrected chi connectivity index (χ4v) is 1.39. The van der Waals surface area contributed by atoms with Crippen molar-refractivity contribution in [2.45, 2.75) is 24.0 Å². The van der Waals surface area contributed by atoms with Crippen LogP contribution < -0.4 is 0 Å². The lowest BCUT2D eigenvalue weighted by Crippen LogP contribution is -2.24. The summed E-state index contributed by atoms with van der Waals surface area (Å²) >= 11 is 5.60. The number of allylic oxidation sites excluding steroid dienone is 2. The molecule has 5 heteroatoms. The van der Waals surface area contributed by atoms with Crippen LogP contribution in [0.5, 0.6) is 0 Å². The number of hydrogen-bond donors (Lipinski definition) is 2. The van der Waals surface area contributed by atoms with Crippen LogP contribution in [0, 0.1) is 0 Å². The van der Waals surface area contributed by atoms with Gasteiger partial charge < -0.3 is 10.0 Å². The smallest absolute Gasteiger partial charge is 0.427 e. The highest BCUT2D eigenvalue weighted by atomic mass is 35.5. The Labute approximate surface area is 69.8 Å². The summed E-state index contributed by atoms with van der Waals surface area (Å²) < 4.78 is 12.8. The monoisotopic (exact) mass is 178 g/mol. The molecule has 2 unspecified atom stereocenters. The summed E-state index contributed by atoms with van der Waals surface area (Å²) in [6.07, 6.45) is 2.22. The lowest BCUT2D eigenvalue weighted by molar-refractivity contribution is 0.367. The molecule has 0 aromatic carbocycles. The topological polar surface area (TPSA) is 40.5 Å². The molecule has 0 spiro atoms. The minimum Gasteiger partial charge on any atom is -0.427 e. The summed E-state index contributed by atoms with van der Waals surface area (Å²) in [6, 6.07) is 0. The van der Waals surface area contributed by atoms with E-state index in [4.69, 9.17) is 21.6 Å². The van der Waals surface area contributed by atoms with Gasteiger partial charge in [-0.25, -0.2) is 4.39 Å². The van der Waals surface area contributed by atoms with Gasteiger partial charge in [0.25, 0.3) is 0 Å². The molecule has 1 aliphatic carbocycles. The second-order valence-electron chi connectivity index (χ2n) is 2.67. The summed E-state index contributed by atoms with van der Waals surface area (Å²) in [4.78, 5) is 0.